The van der Waals surface area contributed by atoms with Gasteiger partial charge in [-0.15, -0.1) is 0 Å². The molecule has 0 saturated heterocycles. The van der Waals surface area contributed by atoms with Gasteiger partial charge in [0.25, 0.3) is 0 Å². The van der Waals surface area contributed by atoms with E-state index in [0.29, 0.717) is 28.7 Å². The summed E-state index contributed by atoms with van der Waals surface area (Å²) in [5, 5.41) is 7.35. The van der Waals surface area contributed by atoms with Crippen LogP contribution in [0.3, 0.4) is 0 Å². The Balaban J connectivity index is 1.67. The molecule has 1 N–H and O–H groups in total. The average Bonchev–Trinajstić information content (AvgIpc) is 3.19. The number of hydrogen-bond acceptors (Lipinski definition) is 5. The number of halogens is 1. The summed E-state index contributed by atoms with van der Waals surface area (Å²) in [5.41, 5.74) is 2.69. The minimum Gasteiger partial charge on any atom is -0.497 e. The van der Waals surface area contributed by atoms with Crippen molar-refractivity contribution in [3.63, 3.8) is 0 Å². The highest BCUT2D eigenvalue weighted by Gasteiger charge is 2.16. The maximum atomic E-state index is 5.91. The zero-order chi connectivity index (χ0) is 21.8. The summed E-state index contributed by atoms with van der Waals surface area (Å²) in [4.78, 5) is 0. The first-order valence-corrected chi connectivity index (χ1v) is 10.7. The van der Waals surface area contributed by atoms with Crippen molar-refractivity contribution in [1.29, 1.82) is 0 Å². The highest BCUT2D eigenvalue weighted by molar-refractivity contribution is 9.10. The number of ether oxygens (including phenoxy) is 3. The van der Waals surface area contributed by atoms with Crippen LogP contribution in [0.2, 0.25) is 0 Å². The fourth-order valence-electron chi connectivity index (χ4n) is 3.18. The van der Waals surface area contributed by atoms with Gasteiger partial charge in [-0.25, -0.2) is 0 Å². The Bertz CT molecular complexity index is 1250. The Kier molecular flexibility index (Phi) is 6.39. The SMILES string of the molecule is COc1ccc(-n2c(-c3cccc(COc4ccc(Br)cc4)c3)n[nH]c2=S)c(OC)c1. The van der Waals surface area contributed by atoms with Crippen molar-refractivity contribution in [2.75, 3.05) is 14.2 Å². The van der Waals surface area contributed by atoms with Gasteiger partial charge in [0, 0.05) is 16.1 Å². The van der Waals surface area contributed by atoms with Gasteiger partial charge >= 0.3 is 0 Å². The van der Waals surface area contributed by atoms with E-state index in [-0.39, 0.29) is 0 Å². The minimum atomic E-state index is 0.437. The van der Waals surface area contributed by atoms with Gasteiger partial charge in [-0.2, -0.15) is 5.10 Å². The molecular formula is C23H20BrN3O3S. The van der Waals surface area contributed by atoms with Crippen LogP contribution in [-0.4, -0.2) is 29.0 Å². The van der Waals surface area contributed by atoms with Gasteiger partial charge in [0.2, 0.25) is 0 Å². The molecule has 0 radical (unpaired) electrons. The summed E-state index contributed by atoms with van der Waals surface area (Å²) in [6, 6.07) is 21.3. The largest absolute Gasteiger partial charge is 0.497 e. The topological polar surface area (TPSA) is 61.3 Å². The lowest BCUT2D eigenvalue weighted by Crippen LogP contribution is -2.02. The van der Waals surface area contributed by atoms with Crippen molar-refractivity contribution >= 4 is 28.1 Å². The molecule has 4 rings (SSSR count). The lowest BCUT2D eigenvalue weighted by Gasteiger charge is -2.13. The average molecular weight is 498 g/mol. The fraction of sp³-hybridized carbons (Fsp3) is 0.130. The number of benzene rings is 3. The van der Waals surface area contributed by atoms with Crippen LogP contribution in [0.1, 0.15) is 5.56 Å². The number of hydrogen-bond donors (Lipinski definition) is 1. The molecular weight excluding hydrogens is 478 g/mol. The molecule has 158 valence electrons. The highest BCUT2D eigenvalue weighted by atomic mass is 79.9. The fourth-order valence-corrected chi connectivity index (χ4v) is 3.68. The van der Waals surface area contributed by atoms with E-state index >= 15 is 0 Å². The second-order valence-corrected chi connectivity index (χ2v) is 7.97. The van der Waals surface area contributed by atoms with E-state index in [1.165, 1.54) is 0 Å². The Hall–Kier alpha value is -3.10. The van der Waals surface area contributed by atoms with Crippen LogP contribution in [0.15, 0.2) is 71.2 Å². The van der Waals surface area contributed by atoms with Crippen LogP contribution < -0.4 is 14.2 Å². The molecule has 1 heterocycles. The van der Waals surface area contributed by atoms with Gasteiger partial charge in [0.05, 0.1) is 19.9 Å². The molecule has 0 aliphatic heterocycles. The maximum Gasteiger partial charge on any atom is 0.200 e. The predicted molar refractivity (Wildman–Crippen MR) is 126 cm³/mol. The van der Waals surface area contributed by atoms with Crippen LogP contribution >= 0.6 is 28.1 Å². The second-order valence-electron chi connectivity index (χ2n) is 6.67. The summed E-state index contributed by atoms with van der Waals surface area (Å²) in [7, 11) is 3.23. The molecule has 8 heteroatoms. The third-order valence-corrected chi connectivity index (χ3v) is 5.51. The van der Waals surface area contributed by atoms with Crippen molar-refractivity contribution in [3.05, 3.63) is 81.5 Å². The smallest absolute Gasteiger partial charge is 0.200 e. The van der Waals surface area contributed by atoms with Gasteiger partial charge in [0.1, 0.15) is 23.9 Å². The van der Waals surface area contributed by atoms with Crippen LogP contribution in [0, 0.1) is 4.77 Å². The molecule has 0 fully saturated rings. The summed E-state index contributed by atoms with van der Waals surface area (Å²) in [6.45, 7) is 0.437. The van der Waals surface area contributed by atoms with Gasteiger partial charge in [-0.1, -0.05) is 34.1 Å². The Morgan fingerprint density at radius 1 is 0.968 bits per heavy atom. The van der Waals surface area contributed by atoms with E-state index in [4.69, 9.17) is 26.4 Å². The number of nitrogens with one attached hydrogen (secondary N) is 1. The lowest BCUT2D eigenvalue weighted by atomic mass is 10.1. The molecule has 4 aromatic rings. The highest BCUT2D eigenvalue weighted by Crippen LogP contribution is 2.31. The van der Waals surface area contributed by atoms with E-state index in [1.54, 1.807) is 14.2 Å². The summed E-state index contributed by atoms with van der Waals surface area (Å²) < 4.78 is 20.1. The van der Waals surface area contributed by atoms with Crippen LogP contribution in [0.5, 0.6) is 17.2 Å². The Morgan fingerprint density at radius 2 is 1.74 bits per heavy atom. The van der Waals surface area contributed by atoms with Gasteiger partial charge in [-0.05, 0) is 60.2 Å². The standard InChI is InChI=1S/C23H20BrN3O3S/c1-28-19-10-11-20(21(13-19)29-2)27-22(25-26-23(27)31)16-5-3-4-15(12-16)14-30-18-8-6-17(24)7-9-18/h3-13H,14H2,1-2H3,(H,26,31). The van der Waals surface area contributed by atoms with Crippen molar-refractivity contribution in [3.8, 4) is 34.3 Å². The molecule has 0 unspecified atom stereocenters. The molecule has 6 nitrogen and oxygen atoms in total. The van der Waals surface area contributed by atoms with Gasteiger partial charge in [0.15, 0.2) is 10.6 Å². The monoisotopic (exact) mass is 497 g/mol. The number of methoxy groups -OCH3 is 2. The van der Waals surface area contributed by atoms with Crippen LogP contribution in [0.4, 0.5) is 0 Å². The maximum absolute atomic E-state index is 5.91. The molecule has 0 spiro atoms. The number of nitrogens with zero attached hydrogens (tertiary/aromatic N) is 2. The predicted octanol–water partition coefficient (Wildman–Crippen LogP) is 5.96. The van der Waals surface area contributed by atoms with Crippen molar-refractivity contribution in [2.45, 2.75) is 6.61 Å². The molecule has 0 amide bonds. The molecule has 0 saturated carbocycles. The Morgan fingerprint density at radius 3 is 2.48 bits per heavy atom. The molecule has 0 aliphatic rings. The number of H-pyrrole nitrogens is 1. The number of rotatable bonds is 7. The third-order valence-electron chi connectivity index (χ3n) is 4.70. The van der Waals surface area contributed by atoms with Crippen molar-refractivity contribution in [2.24, 2.45) is 0 Å². The summed E-state index contributed by atoms with van der Waals surface area (Å²) in [6.07, 6.45) is 0. The molecule has 1 aromatic heterocycles. The van der Waals surface area contributed by atoms with Gasteiger partial charge in [-0.3, -0.25) is 9.67 Å². The van der Waals surface area contributed by atoms with Crippen molar-refractivity contribution in [1.82, 2.24) is 14.8 Å². The summed E-state index contributed by atoms with van der Waals surface area (Å²) in [5.74, 6) is 2.82. The van der Waals surface area contributed by atoms with Crippen molar-refractivity contribution < 1.29 is 14.2 Å². The van der Waals surface area contributed by atoms with E-state index in [2.05, 4.69) is 26.1 Å². The summed E-state index contributed by atoms with van der Waals surface area (Å²) >= 11 is 8.94. The Labute approximate surface area is 193 Å². The zero-order valence-electron chi connectivity index (χ0n) is 17.0. The first-order valence-electron chi connectivity index (χ1n) is 9.46. The number of aromatic amines is 1. The van der Waals surface area contributed by atoms with E-state index < -0.39 is 0 Å². The van der Waals surface area contributed by atoms with Gasteiger partial charge < -0.3 is 14.2 Å². The second kappa shape index (κ2) is 9.36. The van der Waals surface area contributed by atoms with E-state index in [9.17, 15) is 0 Å². The third kappa shape index (κ3) is 4.65. The first kappa shape index (κ1) is 21.1. The first-order chi connectivity index (χ1) is 15.1. The lowest BCUT2D eigenvalue weighted by molar-refractivity contribution is 0.306. The molecule has 3 aromatic carbocycles. The van der Waals surface area contributed by atoms with E-state index in [0.717, 1.165) is 27.0 Å². The molecule has 31 heavy (non-hydrogen) atoms. The molecule has 0 atom stereocenters. The normalized spacial score (nSPS) is 10.7. The van der Waals surface area contributed by atoms with Crippen LogP contribution in [0.25, 0.3) is 17.1 Å². The minimum absolute atomic E-state index is 0.437. The molecule has 0 aliphatic carbocycles. The molecule has 0 bridgehead atoms. The quantitative estimate of drug-likeness (QED) is 0.319. The zero-order valence-corrected chi connectivity index (χ0v) is 19.4. The van der Waals surface area contributed by atoms with E-state index in [1.807, 2.05) is 71.3 Å². The number of aromatic nitrogens is 3. The van der Waals surface area contributed by atoms with Crippen LogP contribution in [-0.2, 0) is 6.61 Å².